The molecule has 0 aliphatic carbocycles. The van der Waals surface area contributed by atoms with Crippen molar-refractivity contribution in [3.63, 3.8) is 0 Å². The third kappa shape index (κ3) is 4.53. The molecule has 0 rings (SSSR count). The Morgan fingerprint density at radius 3 is 2.36 bits per heavy atom. The molecule has 0 aliphatic heterocycles. The van der Waals surface area contributed by atoms with Crippen molar-refractivity contribution in [2.75, 3.05) is 0 Å². The van der Waals surface area contributed by atoms with Gasteiger partial charge in [0.15, 0.2) is 0 Å². The van der Waals surface area contributed by atoms with Crippen molar-refractivity contribution < 1.29 is 9.59 Å². The summed E-state index contributed by atoms with van der Waals surface area (Å²) in [5.74, 6) is -0.308. The van der Waals surface area contributed by atoms with Gasteiger partial charge in [-0.1, -0.05) is 13.8 Å². The van der Waals surface area contributed by atoms with E-state index in [9.17, 15) is 9.59 Å². The summed E-state index contributed by atoms with van der Waals surface area (Å²) in [5, 5.41) is 0. The maximum Gasteiger partial charge on any atom is 0.220 e. The van der Waals surface area contributed by atoms with Crippen LogP contribution in [0.3, 0.4) is 0 Å². The van der Waals surface area contributed by atoms with Gasteiger partial charge < -0.3 is 5.73 Å². The number of hydrogen-bond acceptors (Lipinski definition) is 2. The standard InChI is InChI=1S/C8H15NO2/c1-3-7(10)5-4-6(2)8(9)11/h6H,3-5H2,1-2H3,(H2,9,11). The van der Waals surface area contributed by atoms with Crippen LogP contribution in [-0.2, 0) is 9.59 Å². The fourth-order valence-electron chi connectivity index (χ4n) is 0.697. The van der Waals surface area contributed by atoms with Crippen LogP contribution in [-0.4, -0.2) is 11.7 Å². The molecular weight excluding hydrogens is 142 g/mol. The minimum Gasteiger partial charge on any atom is -0.369 e. The first kappa shape index (κ1) is 10.1. The normalized spacial score (nSPS) is 12.5. The number of amides is 1. The largest absolute Gasteiger partial charge is 0.369 e. The number of primary amides is 1. The van der Waals surface area contributed by atoms with Crippen LogP contribution in [0.15, 0.2) is 0 Å². The maximum absolute atomic E-state index is 10.8. The molecule has 64 valence electrons. The maximum atomic E-state index is 10.8. The van der Waals surface area contributed by atoms with E-state index in [0.717, 1.165) is 0 Å². The smallest absolute Gasteiger partial charge is 0.220 e. The van der Waals surface area contributed by atoms with Crippen LogP contribution in [0.2, 0.25) is 0 Å². The molecule has 0 heterocycles. The lowest BCUT2D eigenvalue weighted by Gasteiger charge is -2.04. The SMILES string of the molecule is CCC(=O)CCC(C)C(N)=O. The second kappa shape index (κ2) is 4.88. The number of ketones is 1. The van der Waals surface area contributed by atoms with Gasteiger partial charge in [-0.3, -0.25) is 9.59 Å². The molecule has 0 aromatic carbocycles. The van der Waals surface area contributed by atoms with Gasteiger partial charge in [0.05, 0.1) is 0 Å². The highest BCUT2D eigenvalue weighted by atomic mass is 16.1. The number of rotatable bonds is 5. The van der Waals surface area contributed by atoms with Crippen LogP contribution in [0.25, 0.3) is 0 Å². The van der Waals surface area contributed by atoms with Gasteiger partial charge in [-0.2, -0.15) is 0 Å². The first-order valence-electron chi connectivity index (χ1n) is 3.89. The Balaban J connectivity index is 3.54. The summed E-state index contributed by atoms with van der Waals surface area (Å²) in [6.07, 6.45) is 1.61. The molecule has 11 heavy (non-hydrogen) atoms. The summed E-state index contributed by atoms with van der Waals surface area (Å²) in [5.41, 5.74) is 5.01. The minimum absolute atomic E-state index is 0.175. The quantitative estimate of drug-likeness (QED) is 0.643. The fraction of sp³-hybridized carbons (Fsp3) is 0.750. The highest BCUT2D eigenvalue weighted by Crippen LogP contribution is 2.05. The molecule has 1 atom stereocenters. The zero-order chi connectivity index (χ0) is 8.85. The van der Waals surface area contributed by atoms with E-state index in [1.54, 1.807) is 6.92 Å². The number of nitrogens with two attached hydrogens (primary N) is 1. The molecule has 0 radical (unpaired) electrons. The van der Waals surface area contributed by atoms with Crippen LogP contribution >= 0.6 is 0 Å². The summed E-state index contributed by atoms with van der Waals surface area (Å²) in [6, 6.07) is 0. The van der Waals surface area contributed by atoms with E-state index < -0.39 is 0 Å². The van der Waals surface area contributed by atoms with Crippen LogP contribution in [0.5, 0.6) is 0 Å². The molecule has 0 aliphatic rings. The van der Waals surface area contributed by atoms with Crippen LogP contribution in [0.4, 0.5) is 0 Å². The zero-order valence-electron chi connectivity index (χ0n) is 7.09. The van der Waals surface area contributed by atoms with Crippen LogP contribution in [0.1, 0.15) is 33.1 Å². The van der Waals surface area contributed by atoms with E-state index in [2.05, 4.69) is 0 Å². The Morgan fingerprint density at radius 2 is 2.00 bits per heavy atom. The minimum atomic E-state index is -0.325. The van der Waals surface area contributed by atoms with E-state index in [1.807, 2.05) is 6.92 Å². The molecule has 0 fully saturated rings. The number of Topliss-reactive ketones (excluding diaryl/α,β-unsaturated/α-hetero) is 1. The molecule has 1 unspecified atom stereocenters. The van der Waals surface area contributed by atoms with Gasteiger partial charge >= 0.3 is 0 Å². The fourth-order valence-corrected chi connectivity index (χ4v) is 0.697. The average Bonchev–Trinajstić information content (AvgIpc) is 1.99. The van der Waals surface area contributed by atoms with Gasteiger partial charge in [0.25, 0.3) is 0 Å². The van der Waals surface area contributed by atoms with Gasteiger partial charge in [-0.15, -0.1) is 0 Å². The van der Waals surface area contributed by atoms with Crippen molar-refractivity contribution >= 4 is 11.7 Å². The van der Waals surface area contributed by atoms with Crippen molar-refractivity contribution in [1.29, 1.82) is 0 Å². The first-order valence-corrected chi connectivity index (χ1v) is 3.89. The van der Waals surface area contributed by atoms with E-state index in [-0.39, 0.29) is 17.6 Å². The Kier molecular flexibility index (Phi) is 4.50. The molecule has 0 saturated heterocycles. The monoisotopic (exact) mass is 157 g/mol. The Morgan fingerprint density at radius 1 is 1.45 bits per heavy atom. The van der Waals surface area contributed by atoms with Crippen LogP contribution < -0.4 is 5.73 Å². The summed E-state index contributed by atoms with van der Waals surface area (Å²) in [4.78, 5) is 21.3. The summed E-state index contributed by atoms with van der Waals surface area (Å²) in [7, 11) is 0. The lowest BCUT2D eigenvalue weighted by molar-refractivity contribution is -0.122. The van der Waals surface area contributed by atoms with Crippen molar-refractivity contribution in [1.82, 2.24) is 0 Å². The zero-order valence-corrected chi connectivity index (χ0v) is 7.09. The second-order valence-corrected chi connectivity index (χ2v) is 2.73. The lowest BCUT2D eigenvalue weighted by atomic mass is 10.0. The van der Waals surface area contributed by atoms with Crippen LogP contribution in [0, 0.1) is 5.92 Å². The van der Waals surface area contributed by atoms with E-state index in [0.29, 0.717) is 19.3 Å². The molecule has 0 aromatic rings. The lowest BCUT2D eigenvalue weighted by Crippen LogP contribution is -2.21. The molecule has 3 nitrogen and oxygen atoms in total. The molecule has 0 spiro atoms. The molecule has 2 N–H and O–H groups in total. The number of hydrogen-bond donors (Lipinski definition) is 1. The predicted octanol–water partition coefficient (Wildman–Crippen LogP) is 0.867. The van der Waals surface area contributed by atoms with Crippen molar-refractivity contribution in [2.24, 2.45) is 11.7 Å². The van der Waals surface area contributed by atoms with E-state index >= 15 is 0 Å². The average molecular weight is 157 g/mol. The molecular formula is C8H15NO2. The van der Waals surface area contributed by atoms with E-state index in [1.165, 1.54) is 0 Å². The summed E-state index contributed by atoms with van der Waals surface area (Å²) < 4.78 is 0. The van der Waals surface area contributed by atoms with Gasteiger partial charge in [0.2, 0.25) is 5.91 Å². The topological polar surface area (TPSA) is 60.2 Å². The number of carbonyl (C=O) groups excluding carboxylic acids is 2. The van der Waals surface area contributed by atoms with Crippen molar-refractivity contribution in [3.8, 4) is 0 Å². The van der Waals surface area contributed by atoms with Crippen molar-refractivity contribution in [3.05, 3.63) is 0 Å². The Hall–Kier alpha value is -0.860. The molecule has 1 amide bonds. The van der Waals surface area contributed by atoms with E-state index in [4.69, 9.17) is 5.73 Å². The predicted molar refractivity (Wildman–Crippen MR) is 42.9 cm³/mol. The van der Waals surface area contributed by atoms with Gasteiger partial charge in [0.1, 0.15) is 5.78 Å². The molecule has 0 saturated carbocycles. The molecule has 0 bridgehead atoms. The molecule has 0 aromatic heterocycles. The number of carbonyl (C=O) groups is 2. The second-order valence-electron chi connectivity index (χ2n) is 2.73. The summed E-state index contributed by atoms with van der Waals surface area (Å²) in [6.45, 7) is 3.56. The third-order valence-corrected chi connectivity index (χ3v) is 1.74. The molecule has 3 heteroatoms. The van der Waals surface area contributed by atoms with Gasteiger partial charge in [-0.25, -0.2) is 0 Å². The van der Waals surface area contributed by atoms with Gasteiger partial charge in [-0.05, 0) is 6.42 Å². The summed E-state index contributed by atoms with van der Waals surface area (Å²) >= 11 is 0. The highest BCUT2D eigenvalue weighted by Gasteiger charge is 2.09. The van der Waals surface area contributed by atoms with Crippen molar-refractivity contribution in [2.45, 2.75) is 33.1 Å². The Labute approximate surface area is 67.0 Å². The Bertz CT molecular complexity index is 154. The van der Waals surface area contributed by atoms with Gasteiger partial charge in [0, 0.05) is 18.8 Å². The third-order valence-electron chi connectivity index (χ3n) is 1.74. The highest BCUT2D eigenvalue weighted by molar-refractivity contribution is 5.80. The first-order chi connectivity index (χ1) is 5.07.